The average Bonchev–Trinajstić information content (AvgIpc) is 2.71. The molecule has 1 fully saturated rings. The minimum Gasteiger partial charge on any atom is -1.00 e. The molecule has 0 atom stereocenters. The molecule has 150 valence electrons. The number of rotatable bonds is 5. The van der Waals surface area contributed by atoms with Crippen LogP contribution in [0.15, 0.2) is 42.5 Å². The van der Waals surface area contributed by atoms with Crippen molar-refractivity contribution in [3.05, 3.63) is 70.3 Å². The van der Waals surface area contributed by atoms with Crippen LogP contribution in [0.3, 0.4) is 0 Å². The van der Waals surface area contributed by atoms with Gasteiger partial charge in [-0.25, -0.2) is 0 Å². The van der Waals surface area contributed by atoms with Gasteiger partial charge in [0.2, 0.25) is 0 Å². The number of nitrogens with zero attached hydrogens (tertiary/aromatic N) is 1. The van der Waals surface area contributed by atoms with Crippen LogP contribution >= 0.6 is 0 Å². The van der Waals surface area contributed by atoms with E-state index in [-0.39, 0.29) is 36.9 Å². The monoisotopic (exact) mass is 401 g/mol. The van der Waals surface area contributed by atoms with E-state index in [4.69, 9.17) is 5.11 Å². The summed E-state index contributed by atoms with van der Waals surface area (Å²) in [6.07, 6.45) is 8.31. The molecule has 0 unspecified atom stereocenters. The Kier molecular flexibility index (Phi) is 8.37. The minimum absolute atomic E-state index is 0. The van der Waals surface area contributed by atoms with E-state index in [2.05, 4.69) is 47.4 Å². The summed E-state index contributed by atoms with van der Waals surface area (Å²) in [6.45, 7) is 2.94. The molecular formula is C25H32NNaO2. The Morgan fingerprint density at radius 2 is 1.52 bits per heavy atom. The minimum atomic E-state index is -0.622. The van der Waals surface area contributed by atoms with Gasteiger partial charge in [0.1, 0.15) is 0 Å². The summed E-state index contributed by atoms with van der Waals surface area (Å²) in [5, 5.41) is 9.15. The summed E-state index contributed by atoms with van der Waals surface area (Å²) in [5.74, 6) is -0.754. The number of piperidine rings is 1. The third-order valence-corrected chi connectivity index (χ3v) is 6.54. The second kappa shape index (κ2) is 10.8. The Morgan fingerprint density at radius 3 is 2.17 bits per heavy atom. The van der Waals surface area contributed by atoms with Gasteiger partial charge in [0.15, 0.2) is 0 Å². The summed E-state index contributed by atoms with van der Waals surface area (Å²) in [7, 11) is 0. The first-order chi connectivity index (χ1) is 13.7. The third-order valence-electron chi connectivity index (χ3n) is 6.54. The van der Waals surface area contributed by atoms with Crippen molar-refractivity contribution in [2.75, 3.05) is 19.6 Å². The van der Waals surface area contributed by atoms with Crippen LogP contribution in [-0.2, 0) is 36.9 Å². The molecule has 4 heteroatoms. The summed E-state index contributed by atoms with van der Waals surface area (Å²) >= 11 is 0. The van der Waals surface area contributed by atoms with Crippen molar-refractivity contribution in [3.8, 4) is 0 Å². The molecule has 2 aromatic rings. The fraction of sp³-hybridized carbons (Fsp3) is 0.480. The van der Waals surface area contributed by atoms with Crippen LogP contribution in [0.1, 0.15) is 48.5 Å². The molecule has 1 saturated heterocycles. The molecule has 0 spiro atoms. The number of benzene rings is 2. The molecule has 7 rings (SSSR count). The molecule has 1 aliphatic heterocycles. The molecule has 2 aromatic carbocycles. The molecule has 3 nitrogen and oxygen atoms in total. The van der Waals surface area contributed by atoms with E-state index >= 15 is 0 Å². The number of likely N-dealkylation sites (tertiary alicyclic amines) is 1. The van der Waals surface area contributed by atoms with Crippen molar-refractivity contribution in [2.24, 2.45) is 5.92 Å². The van der Waals surface area contributed by atoms with Crippen molar-refractivity contribution in [2.45, 2.75) is 51.4 Å². The van der Waals surface area contributed by atoms with Crippen molar-refractivity contribution >= 4 is 5.97 Å². The van der Waals surface area contributed by atoms with Crippen LogP contribution in [-0.4, -0.2) is 35.6 Å². The number of carboxylic acids is 1. The van der Waals surface area contributed by atoms with E-state index in [1.54, 1.807) is 0 Å². The molecule has 4 bridgehead atoms. The van der Waals surface area contributed by atoms with E-state index in [9.17, 15) is 4.79 Å². The van der Waals surface area contributed by atoms with Gasteiger partial charge in [0, 0.05) is 0 Å². The first kappa shape index (κ1) is 22.6. The van der Waals surface area contributed by atoms with Crippen molar-refractivity contribution in [1.82, 2.24) is 4.90 Å². The summed E-state index contributed by atoms with van der Waals surface area (Å²) in [4.78, 5) is 13.6. The Hall–Kier alpha value is -1.13. The molecule has 5 aliphatic rings. The first-order valence-electron chi connectivity index (χ1n) is 10.8. The van der Waals surface area contributed by atoms with E-state index in [0.29, 0.717) is 0 Å². The normalized spacial score (nSPS) is 17.4. The Bertz CT molecular complexity index is 816. The Balaban J connectivity index is 0.00000160. The van der Waals surface area contributed by atoms with Gasteiger partial charge in [-0.1, -0.05) is 42.5 Å². The quantitative estimate of drug-likeness (QED) is 0.771. The van der Waals surface area contributed by atoms with Gasteiger partial charge >= 0.3 is 35.5 Å². The van der Waals surface area contributed by atoms with Gasteiger partial charge in [-0.3, -0.25) is 4.79 Å². The summed E-state index contributed by atoms with van der Waals surface area (Å²) in [6, 6.07) is 16.3. The van der Waals surface area contributed by atoms with Gasteiger partial charge in [0.05, 0.1) is 5.92 Å². The van der Waals surface area contributed by atoms with Crippen LogP contribution in [0.5, 0.6) is 0 Å². The van der Waals surface area contributed by atoms with E-state index in [0.717, 1.165) is 71.0 Å². The molecule has 29 heavy (non-hydrogen) atoms. The first-order valence-corrected chi connectivity index (χ1v) is 10.8. The molecule has 1 heterocycles. The van der Waals surface area contributed by atoms with Crippen LogP contribution < -0.4 is 29.6 Å². The number of carboxylic acid groups (broad SMARTS) is 1. The smallest absolute Gasteiger partial charge is 1.00 e. The zero-order valence-corrected chi connectivity index (χ0v) is 19.7. The van der Waals surface area contributed by atoms with Crippen molar-refractivity contribution < 1.29 is 40.9 Å². The maximum Gasteiger partial charge on any atom is 1.00 e. The largest absolute Gasteiger partial charge is 1.00 e. The summed E-state index contributed by atoms with van der Waals surface area (Å²) < 4.78 is 0. The van der Waals surface area contributed by atoms with Gasteiger partial charge < -0.3 is 11.4 Å². The van der Waals surface area contributed by atoms with Gasteiger partial charge in [-0.2, -0.15) is 0 Å². The second-order valence-corrected chi connectivity index (χ2v) is 8.48. The van der Waals surface area contributed by atoms with E-state index in [1.807, 2.05) is 0 Å². The molecule has 0 aromatic heterocycles. The maximum atomic E-state index is 11.1. The Labute approximate surface area is 198 Å². The molecule has 0 amide bonds. The maximum absolute atomic E-state index is 11.1. The van der Waals surface area contributed by atoms with E-state index < -0.39 is 5.97 Å². The van der Waals surface area contributed by atoms with E-state index in [1.165, 1.54) is 27.8 Å². The van der Waals surface area contributed by atoms with Crippen molar-refractivity contribution in [1.29, 1.82) is 0 Å². The molecule has 4 aliphatic carbocycles. The summed E-state index contributed by atoms with van der Waals surface area (Å²) in [5.41, 5.74) is 7.33. The van der Waals surface area contributed by atoms with Crippen LogP contribution in [0.4, 0.5) is 0 Å². The van der Waals surface area contributed by atoms with Crippen LogP contribution in [0.25, 0.3) is 0 Å². The molecule has 1 N–H and O–H groups in total. The van der Waals surface area contributed by atoms with Gasteiger partial charge in [-0.05, 0) is 98.8 Å². The fourth-order valence-corrected chi connectivity index (χ4v) is 4.65. The molecule has 0 radical (unpaired) electrons. The predicted octanol–water partition coefficient (Wildman–Crippen LogP) is 1.42. The second-order valence-electron chi connectivity index (χ2n) is 8.48. The topological polar surface area (TPSA) is 40.5 Å². The zero-order chi connectivity index (χ0) is 19.3. The fourth-order valence-electron chi connectivity index (χ4n) is 4.65. The third kappa shape index (κ3) is 6.18. The number of aliphatic carboxylic acids is 1. The van der Waals surface area contributed by atoms with Gasteiger partial charge in [-0.15, -0.1) is 0 Å². The SMILES string of the molecule is O=C(O)C1CCN(CCCc2cc3ccc2CCc2ccc(cc2)CC3)CC1.[H-].[Na+]. The standard InChI is InChI=1S/C25H31NO2.Na.H/c27-25(28)23-13-16-26(17-14-23)15-1-2-24-18-21-8-7-19-3-5-20(6-4-19)9-11-22(24)12-10-21;;/h3-6,10,12,18,23H,1-2,7-9,11,13-17H2,(H,27,28);;/q;+1;-1. The van der Waals surface area contributed by atoms with Crippen molar-refractivity contribution in [3.63, 3.8) is 0 Å². The molecule has 0 saturated carbocycles. The predicted molar refractivity (Wildman–Crippen MR) is 114 cm³/mol. The average molecular weight is 402 g/mol. The number of aryl methyl sites for hydroxylation is 5. The molecular weight excluding hydrogens is 369 g/mol. The Morgan fingerprint density at radius 1 is 0.931 bits per heavy atom. The number of hydrogen-bond acceptors (Lipinski definition) is 2. The number of hydrogen-bond donors (Lipinski definition) is 1. The zero-order valence-electron chi connectivity index (χ0n) is 18.7. The van der Waals surface area contributed by atoms with Crippen LogP contribution in [0, 0.1) is 5.92 Å². The van der Waals surface area contributed by atoms with Crippen LogP contribution in [0.2, 0.25) is 0 Å². The van der Waals surface area contributed by atoms with Gasteiger partial charge in [0.25, 0.3) is 0 Å². The number of carbonyl (C=O) groups is 1.